The lowest BCUT2D eigenvalue weighted by Crippen LogP contribution is -2.45. The van der Waals surface area contributed by atoms with Gasteiger partial charge in [0, 0.05) is 20.9 Å². The molecule has 0 spiro atoms. The van der Waals surface area contributed by atoms with E-state index in [0.717, 1.165) is 15.7 Å². The fourth-order valence-corrected chi connectivity index (χ4v) is 3.29. The number of rotatable bonds is 3. The van der Waals surface area contributed by atoms with Crippen molar-refractivity contribution in [3.05, 3.63) is 74.9 Å². The minimum atomic E-state index is -0.325. The van der Waals surface area contributed by atoms with Crippen LogP contribution in [0, 0.1) is 0 Å². The van der Waals surface area contributed by atoms with E-state index in [2.05, 4.69) is 31.9 Å². The van der Waals surface area contributed by atoms with E-state index in [0.29, 0.717) is 21.4 Å². The summed E-state index contributed by atoms with van der Waals surface area (Å²) in [5.41, 5.74) is 2.94. The SMILES string of the molecule is CC1=C(C(=O)Nc2ccc(Cl)cc2)C(c2ccc(Br)cc2)NC(=S)N1. The first-order valence-corrected chi connectivity index (χ1v) is 9.12. The Morgan fingerprint density at radius 2 is 1.80 bits per heavy atom. The minimum Gasteiger partial charge on any atom is -0.351 e. The molecule has 7 heteroatoms. The van der Waals surface area contributed by atoms with Gasteiger partial charge in [-0.15, -0.1) is 0 Å². The molecule has 1 aliphatic rings. The van der Waals surface area contributed by atoms with Gasteiger partial charge in [0.1, 0.15) is 0 Å². The van der Waals surface area contributed by atoms with Crippen LogP contribution in [0.2, 0.25) is 5.02 Å². The van der Waals surface area contributed by atoms with E-state index in [9.17, 15) is 4.79 Å². The third-order valence-electron chi connectivity index (χ3n) is 3.82. The number of halogens is 2. The van der Waals surface area contributed by atoms with E-state index in [1.807, 2.05) is 31.2 Å². The maximum absolute atomic E-state index is 12.9. The third kappa shape index (κ3) is 4.21. The summed E-state index contributed by atoms with van der Waals surface area (Å²) in [6.07, 6.45) is 0. The molecule has 0 saturated carbocycles. The van der Waals surface area contributed by atoms with Gasteiger partial charge in [0.15, 0.2) is 5.11 Å². The second kappa shape index (κ2) is 7.56. The quantitative estimate of drug-likeness (QED) is 0.619. The molecule has 2 aromatic rings. The normalized spacial score (nSPS) is 16.9. The van der Waals surface area contributed by atoms with Crippen LogP contribution in [0.1, 0.15) is 18.5 Å². The zero-order valence-corrected chi connectivity index (χ0v) is 16.4. The highest BCUT2D eigenvalue weighted by Crippen LogP contribution is 2.28. The summed E-state index contributed by atoms with van der Waals surface area (Å²) in [4.78, 5) is 12.9. The van der Waals surface area contributed by atoms with Crippen LogP contribution < -0.4 is 16.0 Å². The Morgan fingerprint density at radius 3 is 2.44 bits per heavy atom. The molecule has 0 saturated heterocycles. The molecule has 1 atom stereocenters. The molecule has 3 rings (SSSR count). The second-order valence-electron chi connectivity index (χ2n) is 5.58. The van der Waals surface area contributed by atoms with Crippen LogP contribution in [-0.2, 0) is 4.79 Å². The molecule has 2 aromatic carbocycles. The van der Waals surface area contributed by atoms with E-state index >= 15 is 0 Å². The molecule has 1 aliphatic heterocycles. The molecule has 1 unspecified atom stereocenters. The molecule has 128 valence electrons. The van der Waals surface area contributed by atoms with E-state index in [4.69, 9.17) is 23.8 Å². The van der Waals surface area contributed by atoms with Gasteiger partial charge in [-0.25, -0.2) is 0 Å². The molecule has 0 bridgehead atoms. The van der Waals surface area contributed by atoms with Gasteiger partial charge in [-0.2, -0.15) is 0 Å². The van der Waals surface area contributed by atoms with Crippen molar-refractivity contribution in [2.75, 3.05) is 5.32 Å². The van der Waals surface area contributed by atoms with Crippen LogP contribution in [0.15, 0.2) is 64.3 Å². The number of nitrogens with one attached hydrogen (secondary N) is 3. The second-order valence-corrected chi connectivity index (χ2v) is 7.34. The van der Waals surface area contributed by atoms with Crippen molar-refractivity contribution in [2.24, 2.45) is 0 Å². The number of benzene rings is 2. The van der Waals surface area contributed by atoms with E-state index in [-0.39, 0.29) is 11.9 Å². The van der Waals surface area contributed by atoms with E-state index < -0.39 is 0 Å². The number of thiocarbonyl (C=S) groups is 1. The van der Waals surface area contributed by atoms with Crippen LogP contribution >= 0.6 is 39.7 Å². The lowest BCUT2D eigenvalue weighted by molar-refractivity contribution is -0.113. The molecule has 0 radical (unpaired) electrons. The van der Waals surface area contributed by atoms with Crippen LogP contribution in [0.3, 0.4) is 0 Å². The largest absolute Gasteiger partial charge is 0.351 e. The van der Waals surface area contributed by atoms with Crippen molar-refractivity contribution in [3.8, 4) is 0 Å². The first-order valence-electron chi connectivity index (χ1n) is 7.54. The van der Waals surface area contributed by atoms with E-state index in [1.54, 1.807) is 24.3 Å². The van der Waals surface area contributed by atoms with Crippen LogP contribution in [0.5, 0.6) is 0 Å². The molecule has 25 heavy (non-hydrogen) atoms. The molecule has 1 heterocycles. The topological polar surface area (TPSA) is 53.2 Å². The van der Waals surface area contributed by atoms with Crippen molar-refractivity contribution < 1.29 is 4.79 Å². The van der Waals surface area contributed by atoms with Crippen molar-refractivity contribution in [2.45, 2.75) is 13.0 Å². The molecule has 3 N–H and O–H groups in total. The highest BCUT2D eigenvalue weighted by molar-refractivity contribution is 9.10. The number of hydrogen-bond donors (Lipinski definition) is 3. The number of hydrogen-bond acceptors (Lipinski definition) is 2. The van der Waals surface area contributed by atoms with Crippen LogP contribution in [0.25, 0.3) is 0 Å². The Bertz CT molecular complexity index is 850. The predicted molar refractivity (Wildman–Crippen MR) is 109 cm³/mol. The van der Waals surface area contributed by atoms with Crippen LogP contribution in [0.4, 0.5) is 5.69 Å². The van der Waals surface area contributed by atoms with Crippen molar-refractivity contribution >= 4 is 56.5 Å². The average Bonchev–Trinajstić information content (AvgIpc) is 2.57. The van der Waals surface area contributed by atoms with Crippen molar-refractivity contribution in [3.63, 3.8) is 0 Å². The lowest BCUT2D eigenvalue weighted by Gasteiger charge is -2.30. The van der Waals surface area contributed by atoms with Gasteiger partial charge in [0.05, 0.1) is 11.6 Å². The third-order valence-corrected chi connectivity index (χ3v) is 4.82. The Labute approximate surface area is 164 Å². The summed E-state index contributed by atoms with van der Waals surface area (Å²) in [5.74, 6) is -0.199. The predicted octanol–water partition coefficient (Wildman–Crippen LogP) is 4.53. The van der Waals surface area contributed by atoms with Gasteiger partial charge in [-0.1, -0.05) is 39.7 Å². The van der Waals surface area contributed by atoms with Crippen LogP contribution in [-0.4, -0.2) is 11.0 Å². The maximum Gasteiger partial charge on any atom is 0.255 e. The summed E-state index contributed by atoms with van der Waals surface area (Å²) in [6.45, 7) is 1.84. The zero-order chi connectivity index (χ0) is 18.0. The Kier molecular flexibility index (Phi) is 5.42. The average molecular weight is 437 g/mol. The van der Waals surface area contributed by atoms with Gasteiger partial charge in [-0.3, -0.25) is 4.79 Å². The first-order chi connectivity index (χ1) is 11.9. The summed E-state index contributed by atoms with van der Waals surface area (Å²) in [5, 5.41) is 10.2. The number of anilines is 1. The molecule has 0 fully saturated rings. The van der Waals surface area contributed by atoms with Gasteiger partial charge < -0.3 is 16.0 Å². The maximum atomic E-state index is 12.9. The number of carbonyl (C=O) groups is 1. The Hall–Kier alpha value is -1.89. The summed E-state index contributed by atoms with van der Waals surface area (Å²) in [6, 6.07) is 14.5. The summed E-state index contributed by atoms with van der Waals surface area (Å²) in [7, 11) is 0. The van der Waals surface area contributed by atoms with Gasteiger partial charge in [0.2, 0.25) is 0 Å². The molecular weight excluding hydrogens is 422 g/mol. The van der Waals surface area contributed by atoms with Gasteiger partial charge in [0.25, 0.3) is 5.91 Å². The minimum absolute atomic E-state index is 0.199. The van der Waals surface area contributed by atoms with Gasteiger partial charge >= 0.3 is 0 Å². The monoisotopic (exact) mass is 435 g/mol. The zero-order valence-electron chi connectivity index (χ0n) is 13.3. The fourth-order valence-electron chi connectivity index (χ4n) is 2.63. The molecule has 4 nitrogen and oxygen atoms in total. The number of amides is 1. The number of allylic oxidation sites excluding steroid dienone is 1. The molecular formula is C18H15BrClN3OS. The van der Waals surface area contributed by atoms with E-state index in [1.165, 1.54) is 0 Å². The molecule has 0 aliphatic carbocycles. The molecule has 1 amide bonds. The molecule has 0 aromatic heterocycles. The number of carbonyl (C=O) groups excluding carboxylic acids is 1. The Balaban J connectivity index is 1.92. The van der Waals surface area contributed by atoms with Gasteiger partial charge in [-0.05, 0) is 61.1 Å². The summed E-state index contributed by atoms with van der Waals surface area (Å²) >= 11 is 14.6. The van der Waals surface area contributed by atoms with Crippen molar-refractivity contribution in [1.82, 2.24) is 10.6 Å². The highest BCUT2D eigenvalue weighted by Gasteiger charge is 2.29. The first kappa shape index (κ1) is 17.9. The standard InChI is InChI=1S/C18H15BrClN3OS/c1-10-15(17(24)22-14-8-6-13(20)7-9-14)16(23-18(25)21-10)11-2-4-12(19)5-3-11/h2-9,16H,1H3,(H,22,24)(H2,21,23,25). The fraction of sp³-hybridized carbons (Fsp3) is 0.111. The van der Waals surface area contributed by atoms with Crippen molar-refractivity contribution in [1.29, 1.82) is 0 Å². The Morgan fingerprint density at radius 1 is 1.16 bits per heavy atom. The lowest BCUT2D eigenvalue weighted by atomic mass is 9.95. The highest BCUT2D eigenvalue weighted by atomic mass is 79.9. The smallest absolute Gasteiger partial charge is 0.255 e. The summed E-state index contributed by atoms with van der Waals surface area (Å²) < 4.78 is 0.973.